The molecular formula is C11H12FN3O. The Labute approximate surface area is 92.2 Å². The van der Waals surface area contributed by atoms with Gasteiger partial charge in [-0.15, -0.1) is 0 Å². The van der Waals surface area contributed by atoms with E-state index in [1.54, 1.807) is 19.2 Å². The standard InChI is InChI=1S/C11H12FN3O/c1-6-3-7(8-5-14-15-11(8)13)10(16-2)4-9(6)12/h3-5H,1-2H3,(H3,13,14,15). The van der Waals surface area contributed by atoms with E-state index in [9.17, 15) is 4.39 Å². The van der Waals surface area contributed by atoms with E-state index in [-0.39, 0.29) is 5.82 Å². The SMILES string of the molecule is COc1cc(F)c(C)cc1-c1cn[nH]c1N. The molecule has 2 rings (SSSR count). The molecule has 4 nitrogen and oxygen atoms in total. The zero-order chi connectivity index (χ0) is 11.7. The van der Waals surface area contributed by atoms with E-state index in [4.69, 9.17) is 10.5 Å². The van der Waals surface area contributed by atoms with Crippen molar-refractivity contribution in [2.75, 3.05) is 12.8 Å². The summed E-state index contributed by atoms with van der Waals surface area (Å²) in [5.74, 6) is 0.572. The zero-order valence-electron chi connectivity index (χ0n) is 9.04. The Balaban J connectivity index is 2.64. The zero-order valence-corrected chi connectivity index (χ0v) is 9.04. The minimum atomic E-state index is -0.303. The largest absolute Gasteiger partial charge is 0.496 e. The molecule has 0 spiro atoms. The normalized spacial score (nSPS) is 10.4. The topological polar surface area (TPSA) is 63.9 Å². The number of hydrogen-bond donors (Lipinski definition) is 2. The second-order valence-corrected chi connectivity index (χ2v) is 3.50. The molecule has 84 valence electrons. The predicted octanol–water partition coefficient (Wildman–Crippen LogP) is 2.12. The van der Waals surface area contributed by atoms with Crippen molar-refractivity contribution >= 4 is 5.82 Å². The Morgan fingerprint density at radius 1 is 1.38 bits per heavy atom. The number of benzene rings is 1. The molecule has 1 aromatic carbocycles. The Morgan fingerprint density at radius 3 is 2.69 bits per heavy atom. The highest BCUT2D eigenvalue weighted by Gasteiger charge is 2.13. The number of nitrogens with zero attached hydrogens (tertiary/aromatic N) is 1. The van der Waals surface area contributed by atoms with Crippen molar-refractivity contribution in [1.82, 2.24) is 10.2 Å². The van der Waals surface area contributed by atoms with Gasteiger partial charge in [0.15, 0.2) is 0 Å². The fourth-order valence-corrected chi connectivity index (χ4v) is 1.55. The Morgan fingerprint density at radius 2 is 2.12 bits per heavy atom. The average molecular weight is 221 g/mol. The molecule has 0 aliphatic carbocycles. The van der Waals surface area contributed by atoms with Crippen molar-refractivity contribution in [3.8, 4) is 16.9 Å². The Bertz CT molecular complexity index is 522. The molecule has 0 bridgehead atoms. The molecule has 1 aromatic heterocycles. The first-order valence-corrected chi connectivity index (χ1v) is 4.77. The lowest BCUT2D eigenvalue weighted by Gasteiger charge is -2.09. The van der Waals surface area contributed by atoms with Crippen molar-refractivity contribution in [2.45, 2.75) is 6.92 Å². The van der Waals surface area contributed by atoms with Crippen LogP contribution < -0.4 is 10.5 Å². The fourth-order valence-electron chi connectivity index (χ4n) is 1.55. The van der Waals surface area contributed by atoms with Crippen LogP contribution in [0.3, 0.4) is 0 Å². The number of rotatable bonds is 2. The number of nitrogen functional groups attached to an aromatic ring is 1. The molecule has 0 atom stereocenters. The van der Waals surface area contributed by atoms with Crippen molar-refractivity contribution in [3.05, 3.63) is 29.7 Å². The number of anilines is 1. The van der Waals surface area contributed by atoms with E-state index in [2.05, 4.69) is 10.2 Å². The van der Waals surface area contributed by atoms with Gasteiger partial charge in [0.2, 0.25) is 0 Å². The summed E-state index contributed by atoms with van der Waals surface area (Å²) in [5, 5.41) is 6.46. The van der Waals surface area contributed by atoms with E-state index in [0.29, 0.717) is 22.7 Å². The maximum absolute atomic E-state index is 13.4. The number of hydrogen-bond acceptors (Lipinski definition) is 3. The number of aryl methyl sites for hydroxylation is 1. The third kappa shape index (κ3) is 1.60. The molecular weight excluding hydrogens is 209 g/mol. The fraction of sp³-hybridized carbons (Fsp3) is 0.182. The number of aromatic nitrogens is 2. The van der Waals surface area contributed by atoms with Crippen molar-refractivity contribution in [3.63, 3.8) is 0 Å². The first kappa shape index (κ1) is 10.5. The first-order valence-electron chi connectivity index (χ1n) is 4.77. The van der Waals surface area contributed by atoms with Crippen molar-refractivity contribution < 1.29 is 9.13 Å². The molecule has 0 fully saturated rings. The molecule has 16 heavy (non-hydrogen) atoms. The van der Waals surface area contributed by atoms with Crippen LogP contribution in [-0.4, -0.2) is 17.3 Å². The van der Waals surface area contributed by atoms with Crippen LogP contribution in [0.4, 0.5) is 10.2 Å². The smallest absolute Gasteiger partial charge is 0.129 e. The average Bonchev–Trinajstić information content (AvgIpc) is 2.68. The second kappa shape index (κ2) is 3.84. The van der Waals surface area contributed by atoms with Gasteiger partial charge < -0.3 is 10.5 Å². The first-order chi connectivity index (χ1) is 7.63. The molecule has 5 heteroatoms. The van der Waals surface area contributed by atoms with Crippen LogP contribution in [0.5, 0.6) is 5.75 Å². The maximum atomic E-state index is 13.4. The molecule has 2 aromatic rings. The number of nitrogens with one attached hydrogen (secondary N) is 1. The van der Waals surface area contributed by atoms with Gasteiger partial charge in [0.1, 0.15) is 17.4 Å². The van der Waals surface area contributed by atoms with Gasteiger partial charge in [0.05, 0.1) is 13.3 Å². The summed E-state index contributed by atoms with van der Waals surface area (Å²) >= 11 is 0. The monoisotopic (exact) mass is 221 g/mol. The Kier molecular flexibility index (Phi) is 2.52. The molecule has 0 saturated carbocycles. The summed E-state index contributed by atoms with van der Waals surface area (Å²) in [7, 11) is 1.49. The van der Waals surface area contributed by atoms with Gasteiger partial charge in [-0.2, -0.15) is 5.10 Å². The van der Waals surface area contributed by atoms with Crippen LogP contribution in [0.15, 0.2) is 18.3 Å². The van der Waals surface area contributed by atoms with E-state index >= 15 is 0 Å². The summed E-state index contributed by atoms with van der Waals surface area (Å²) in [6.07, 6.45) is 1.59. The highest BCUT2D eigenvalue weighted by molar-refractivity contribution is 5.78. The highest BCUT2D eigenvalue weighted by atomic mass is 19.1. The summed E-state index contributed by atoms with van der Waals surface area (Å²) < 4.78 is 18.5. The third-order valence-corrected chi connectivity index (χ3v) is 2.44. The third-order valence-electron chi connectivity index (χ3n) is 2.44. The van der Waals surface area contributed by atoms with Crippen LogP contribution in [0.1, 0.15) is 5.56 Å². The van der Waals surface area contributed by atoms with Gasteiger partial charge in [0, 0.05) is 17.2 Å². The quantitative estimate of drug-likeness (QED) is 0.816. The molecule has 0 aliphatic heterocycles. The lowest BCUT2D eigenvalue weighted by atomic mass is 10.0. The van der Waals surface area contributed by atoms with E-state index in [0.717, 1.165) is 5.56 Å². The van der Waals surface area contributed by atoms with Crippen LogP contribution in [0, 0.1) is 12.7 Å². The van der Waals surface area contributed by atoms with Gasteiger partial charge in [-0.05, 0) is 18.6 Å². The van der Waals surface area contributed by atoms with Crippen LogP contribution in [-0.2, 0) is 0 Å². The molecule has 1 heterocycles. The number of ether oxygens (including phenoxy) is 1. The molecule has 0 radical (unpaired) electrons. The lowest BCUT2D eigenvalue weighted by molar-refractivity contribution is 0.412. The van der Waals surface area contributed by atoms with E-state index in [1.807, 2.05) is 0 Å². The number of aromatic amines is 1. The minimum absolute atomic E-state index is 0.303. The summed E-state index contributed by atoms with van der Waals surface area (Å²) in [6, 6.07) is 3.03. The van der Waals surface area contributed by atoms with Gasteiger partial charge in [-0.3, -0.25) is 5.10 Å². The number of H-pyrrole nitrogens is 1. The van der Waals surface area contributed by atoms with Gasteiger partial charge in [0.25, 0.3) is 0 Å². The highest BCUT2D eigenvalue weighted by Crippen LogP contribution is 2.34. The molecule has 0 amide bonds. The van der Waals surface area contributed by atoms with Crippen LogP contribution in [0.2, 0.25) is 0 Å². The van der Waals surface area contributed by atoms with E-state index < -0.39 is 0 Å². The van der Waals surface area contributed by atoms with Crippen LogP contribution >= 0.6 is 0 Å². The summed E-state index contributed by atoms with van der Waals surface area (Å²) in [4.78, 5) is 0. The van der Waals surface area contributed by atoms with Crippen LogP contribution in [0.25, 0.3) is 11.1 Å². The molecule has 0 saturated heterocycles. The van der Waals surface area contributed by atoms with E-state index in [1.165, 1.54) is 13.2 Å². The summed E-state index contributed by atoms with van der Waals surface area (Å²) in [6.45, 7) is 1.69. The molecule has 3 N–H and O–H groups in total. The lowest BCUT2D eigenvalue weighted by Crippen LogP contribution is -1.94. The maximum Gasteiger partial charge on any atom is 0.129 e. The van der Waals surface area contributed by atoms with Crippen molar-refractivity contribution in [2.24, 2.45) is 0 Å². The number of methoxy groups -OCH3 is 1. The molecule has 0 unspecified atom stereocenters. The summed E-state index contributed by atoms with van der Waals surface area (Å²) in [5.41, 5.74) is 7.69. The number of nitrogens with two attached hydrogens (primary N) is 1. The Hall–Kier alpha value is -2.04. The molecule has 0 aliphatic rings. The second-order valence-electron chi connectivity index (χ2n) is 3.50. The number of halogens is 1. The van der Waals surface area contributed by atoms with Gasteiger partial charge in [-0.1, -0.05) is 0 Å². The minimum Gasteiger partial charge on any atom is -0.496 e. The van der Waals surface area contributed by atoms with Gasteiger partial charge >= 0.3 is 0 Å². The van der Waals surface area contributed by atoms with Gasteiger partial charge in [-0.25, -0.2) is 4.39 Å². The van der Waals surface area contributed by atoms with Crippen molar-refractivity contribution in [1.29, 1.82) is 0 Å². The predicted molar refractivity (Wildman–Crippen MR) is 59.7 cm³/mol.